The molecule has 0 unspecified atom stereocenters. The van der Waals surface area contributed by atoms with Crippen molar-refractivity contribution in [2.75, 3.05) is 5.32 Å². The van der Waals surface area contributed by atoms with Gasteiger partial charge in [-0.05, 0) is 38.0 Å². The molecule has 21 heavy (non-hydrogen) atoms. The lowest BCUT2D eigenvalue weighted by Crippen LogP contribution is -2.19. The summed E-state index contributed by atoms with van der Waals surface area (Å²) in [4.78, 5) is 27.1. The first-order chi connectivity index (χ1) is 9.88. The highest BCUT2D eigenvalue weighted by atomic mass is 32.1. The van der Waals surface area contributed by atoms with Gasteiger partial charge in [0.1, 0.15) is 5.01 Å². The normalized spacial score (nSPS) is 12.0. The summed E-state index contributed by atoms with van der Waals surface area (Å²) >= 11 is 1.18. The maximum absolute atomic E-state index is 12.3. The van der Waals surface area contributed by atoms with Crippen LogP contribution in [0.4, 0.5) is 5.69 Å². The van der Waals surface area contributed by atoms with Gasteiger partial charge in [-0.1, -0.05) is 12.1 Å². The van der Waals surface area contributed by atoms with Crippen LogP contribution in [0.15, 0.2) is 23.6 Å². The van der Waals surface area contributed by atoms with Crippen LogP contribution in [0.3, 0.4) is 0 Å². The molecule has 1 aromatic heterocycles. The first-order valence-corrected chi connectivity index (χ1v) is 7.33. The summed E-state index contributed by atoms with van der Waals surface area (Å²) < 4.78 is 0. The average Bonchev–Trinajstić information content (AvgIpc) is 2.91. The van der Waals surface area contributed by atoms with Gasteiger partial charge in [0.2, 0.25) is 5.91 Å². The Morgan fingerprint density at radius 2 is 2.05 bits per heavy atom. The van der Waals surface area contributed by atoms with Crippen molar-refractivity contribution in [3.05, 3.63) is 45.4 Å². The predicted molar refractivity (Wildman–Crippen MR) is 82.0 cm³/mol. The Morgan fingerprint density at radius 3 is 2.67 bits per heavy atom. The molecule has 0 saturated heterocycles. The fourth-order valence-corrected chi connectivity index (χ4v) is 2.66. The number of nitrogens with one attached hydrogen (secondary N) is 1. The van der Waals surface area contributed by atoms with Crippen LogP contribution in [-0.2, 0) is 4.79 Å². The highest BCUT2D eigenvalue weighted by Gasteiger charge is 2.21. The zero-order chi connectivity index (χ0) is 15.6. The van der Waals surface area contributed by atoms with Crippen LogP contribution in [0.1, 0.15) is 39.5 Å². The minimum absolute atomic E-state index is 0.0265. The molecule has 0 aliphatic heterocycles. The van der Waals surface area contributed by atoms with Gasteiger partial charge in [-0.2, -0.15) is 0 Å². The van der Waals surface area contributed by atoms with Gasteiger partial charge in [-0.3, -0.25) is 4.79 Å². The third kappa shape index (κ3) is 3.46. The molecule has 6 heteroatoms. The van der Waals surface area contributed by atoms with Gasteiger partial charge in [-0.25, -0.2) is 9.78 Å². The smallest absolute Gasteiger partial charge is 0.355 e. The summed E-state index contributed by atoms with van der Waals surface area (Å²) in [6.07, 6.45) is 0. The number of hydrogen-bond acceptors (Lipinski definition) is 4. The highest BCUT2D eigenvalue weighted by Crippen LogP contribution is 2.23. The van der Waals surface area contributed by atoms with Crippen molar-refractivity contribution >= 4 is 28.9 Å². The number of nitrogens with zero attached hydrogens (tertiary/aromatic N) is 1. The van der Waals surface area contributed by atoms with E-state index in [1.54, 1.807) is 6.92 Å². The second-order valence-electron chi connectivity index (χ2n) is 4.91. The number of carbonyl (C=O) groups is 2. The number of carboxylic acids is 1. The molecule has 0 radical (unpaired) electrons. The number of benzene rings is 1. The Bertz CT molecular complexity index is 694. The molecule has 0 fully saturated rings. The van der Waals surface area contributed by atoms with Crippen molar-refractivity contribution in [2.24, 2.45) is 0 Å². The highest BCUT2D eigenvalue weighted by molar-refractivity contribution is 7.10. The fourth-order valence-electron chi connectivity index (χ4n) is 1.81. The molecule has 1 aromatic carbocycles. The molecule has 2 rings (SSSR count). The maximum atomic E-state index is 12.3. The number of carboxylic acid groups (broad SMARTS) is 1. The van der Waals surface area contributed by atoms with E-state index in [4.69, 9.17) is 5.11 Å². The van der Waals surface area contributed by atoms with Crippen molar-refractivity contribution in [1.29, 1.82) is 0 Å². The number of amides is 1. The average molecular weight is 304 g/mol. The van der Waals surface area contributed by atoms with E-state index in [2.05, 4.69) is 10.3 Å². The number of aryl methyl sites for hydroxylation is 2. The Balaban J connectivity index is 2.15. The lowest BCUT2D eigenvalue weighted by Gasteiger charge is -2.12. The quantitative estimate of drug-likeness (QED) is 0.909. The van der Waals surface area contributed by atoms with E-state index >= 15 is 0 Å². The molecule has 0 aliphatic carbocycles. The Hall–Kier alpha value is -2.21. The van der Waals surface area contributed by atoms with Crippen LogP contribution in [0.2, 0.25) is 0 Å². The summed E-state index contributed by atoms with van der Waals surface area (Å²) in [6, 6.07) is 5.83. The number of aromatic carboxylic acids is 1. The minimum Gasteiger partial charge on any atom is -0.476 e. The van der Waals surface area contributed by atoms with Crippen LogP contribution >= 0.6 is 11.3 Å². The van der Waals surface area contributed by atoms with E-state index in [-0.39, 0.29) is 11.6 Å². The van der Waals surface area contributed by atoms with E-state index in [0.717, 1.165) is 16.8 Å². The molecular weight excluding hydrogens is 288 g/mol. The standard InChI is InChI=1S/C15H16N2O3S/c1-8-4-5-9(2)11(6-8)16-13(18)10(3)14-17-12(7-21-14)15(19)20/h4-7,10H,1-3H3,(H,16,18)(H,19,20)/t10-/m0/s1. The van der Waals surface area contributed by atoms with Crippen molar-refractivity contribution in [1.82, 2.24) is 4.98 Å². The van der Waals surface area contributed by atoms with Crippen molar-refractivity contribution in [3.63, 3.8) is 0 Å². The van der Waals surface area contributed by atoms with Gasteiger partial charge >= 0.3 is 5.97 Å². The van der Waals surface area contributed by atoms with Crippen molar-refractivity contribution in [3.8, 4) is 0 Å². The third-order valence-corrected chi connectivity index (χ3v) is 4.18. The molecule has 0 bridgehead atoms. The van der Waals surface area contributed by atoms with E-state index in [1.165, 1.54) is 16.7 Å². The molecule has 0 saturated carbocycles. The zero-order valence-electron chi connectivity index (χ0n) is 12.0. The number of rotatable bonds is 4. The Labute approximate surface area is 126 Å². The number of aromatic nitrogens is 1. The van der Waals surface area contributed by atoms with Gasteiger partial charge in [-0.15, -0.1) is 11.3 Å². The molecular formula is C15H16N2O3S. The van der Waals surface area contributed by atoms with Gasteiger partial charge < -0.3 is 10.4 Å². The summed E-state index contributed by atoms with van der Waals surface area (Å²) in [7, 11) is 0. The first-order valence-electron chi connectivity index (χ1n) is 6.45. The monoisotopic (exact) mass is 304 g/mol. The summed E-state index contributed by atoms with van der Waals surface area (Å²) in [5.41, 5.74) is 2.78. The van der Waals surface area contributed by atoms with Crippen molar-refractivity contribution < 1.29 is 14.7 Å². The number of thiazole rings is 1. The number of anilines is 1. The van der Waals surface area contributed by atoms with Gasteiger partial charge in [0.25, 0.3) is 0 Å². The van der Waals surface area contributed by atoms with E-state index < -0.39 is 11.9 Å². The van der Waals surface area contributed by atoms with Crippen LogP contribution in [0.25, 0.3) is 0 Å². The lowest BCUT2D eigenvalue weighted by atomic mass is 10.1. The van der Waals surface area contributed by atoms with Crippen LogP contribution in [-0.4, -0.2) is 22.0 Å². The molecule has 1 amide bonds. The SMILES string of the molecule is Cc1ccc(C)c(NC(=O)[C@H](C)c2nc(C(=O)O)cs2)c1. The molecule has 1 heterocycles. The number of hydrogen-bond donors (Lipinski definition) is 2. The van der Waals surface area contributed by atoms with Gasteiger partial charge in [0.15, 0.2) is 5.69 Å². The first kappa shape index (κ1) is 15.2. The van der Waals surface area contributed by atoms with Crippen LogP contribution in [0.5, 0.6) is 0 Å². The zero-order valence-corrected chi connectivity index (χ0v) is 12.8. The van der Waals surface area contributed by atoms with E-state index in [9.17, 15) is 9.59 Å². The Morgan fingerprint density at radius 1 is 1.33 bits per heavy atom. The predicted octanol–water partition coefficient (Wildman–Crippen LogP) is 3.20. The van der Waals surface area contributed by atoms with Gasteiger partial charge in [0, 0.05) is 11.1 Å². The molecule has 110 valence electrons. The molecule has 0 aliphatic rings. The minimum atomic E-state index is -1.08. The number of carbonyl (C=O) groups excluding carboxylic acids is 1. The second kappa shape index (κ2) is 6.05. The molecule has 5 nitrogen and oxygen atoms in total. The van der Waals surface area contributed by atoms with Crippen LogP contribution < -0.4 is 5.32 Å². The topological polar surface area (TPSA) is 79.3 Å². The molecule has 0 spiro atoms. The molecule has 2 aromatic rings. The summed E-state index contributed by atoms with van der Waals surface area (Å²) in [6.45, 7) is 5.59. The van der Waals surface area contributed by atoms with Crippen molar-refractivity contribution in [2.45, 2.75) is 26.7 Å². The maximum Gasteiger partial charge on any atom is 0.355 e. The largest absolute Gasteiger partial charge is 0.476 e. The van der Waals surface area contributed by atoms with E-state index in [0.29, 0.717) is 5.01 Å². The van der Waals surface area contributed by atoms with E-state index in [1.807, 2.05) is 32.0 Å². The third-order valence-electron chi connectivity index (χ3n) is 3.16. The van der Waals surface area contributed by atoms with Crippen LogP contribution in [0, 0.1) is 13.8 Å². The fraction of sp³-hybridized carbons (Fsp3) is 0.267. The molecule has 2 N–H and O–H groups in total. The lowest BCUT2D eigenvalue weighted by molar-refractivity contribution is -0.117. The van der Waals surface area contributed by atoms with Gasteiger partial charge in [0.05, 0.1) is 5.92 Å². The summed E-state index contributed by atoms with van der Waals surface area (Å²) in [5, 5.41) is 13.7. The Kier molecular flexibility index (Phi) is 4.37. The summed E-state index contributed by atoms with van der Waals surface area (Å²) in [5.74, 6) is -1.78. The molecule has 1 atom stereocenters. The second-order valence-corrected chi connectivity index (χ2v) is 5.80.